The van der Waals surface area contributed by atoms with Gasteiger partial charge in [-0.05, 0) is 51.4 Å². The van der Waals surface area contributed by atoms with Gasteiger partial charge < -0.3 is 19.5 Å². The van der Waals surface area contributed by atoms with E-state index in [1.807, 2.05) is 6.07 Å². The molecule has 2 aromatic rings. The molecule has 2 aromatic heterocycles. The van der Waals surface area contributed by atoms with Crippen molar-refractivity contribution in [3.63, 3.8) is 0 Å². The number of likely N-dealkylation sites (tertiary alicyclic amines) is 1. The second-order valence-corrected chi connectivity index (χ2v) is 7.38. The van der Waals surface area contributed by atoms with Crippen molar-refractivity contribution in [3.05, 3.63) is 35.8 Å². The molecule has 1 unspecified atom stereocenters. The highest BCUT2D eigenvalue weighted by atomic mass is 127. The van der Waals surface area contributed by atoms with E-state index in [1.54, 1.807) is 0 Å². The number of halogens is 1. The molecule has 156 valence electrons. The Morgan fingerprint density at radius 3 is 2.75 bits per heavy atom. The maximum Gasteiger partial charge on any atom is 0.194 e. The third-order valence-electron chi connectivity index (χ3n) is 5.47. The Morgan fingerprint density at radius 2 is 2.07 bits per heavy atom. The standard InChI is InChI=1S/C21H34N6.HI/c1-5-22-21(26-12-11-18(15-26)14-25(6-2)7-3)23-13-19-16-27-17(4)9-8-10-20(27)24-19;/h8-10,16,18H,5-7,11-15H2,1-4H3,(H,22,23);1H. The molecule has 0 aliphatic carbocycles. The third kappa shape index (κ3) is 5.59. The summed E-state index contributed by atoms with van der Waals surface area (Å²) in [6.45, 7) is 15.9. The molecule has 1 saturated heterocycles. The Hall–Kier alpha value is -1.35. The van der Waals surface area contributed by atoms with Crippen molar-refractivity contribution < 1.29 is 0 Å². The third-order valence-corrected chi connectivity index (χ3v) is 5.47. The Kier molecular flexibility index (Phi) is 9.01. The highest BCUT2D eigenvalue weighted by Gasteiger charge is 2.25. The van der Waals surface area contributed by atoms with Crippen LogP contribution < -0.4 is 5.32 Å². The fourth-order valence-corrected chi connectivity index (χ4v) is 3.88. The van der Waals surface area contributed by atoms with Crippen LogP contribution in [0.15, 0.2) is 29.4 Å². The number of hydrogen-bond acceptors (Lipinski definition) is 3. The fraction of sp³-hybridized carbons (Fsp3) is 0.619. The van der Waals surface area contributed by atoms with Crippen LogP contribution in [0, 0.1) is 12.8 Å². The number of aryl methyl sites for hydroxylation is 1. The molecule has 3 rings (SSSR count). The molecule has 7 heteroatoms. The summed E-state index contributed by atoms with van der Waals surface area (Å²) in [4.78, 5) is 14.5. The van der Waals surface area contributed by atoms with Gasteiger partial charge in [0.05, 0.1) is 12.2 Å². The van der Waals surface area contributed by atoms with Crippen LogP contribution in [0.5, 0.6) is 0 Å². The van der Waals surface area contributed by atoms with Crippen LogP contribution >= 0.6 is 24.0 Å². The molecular weight excluding hydrogens is 463 g/mol. The van der Waals surface area contributed by atoms with E-state index >= 15 is 0 Å². The molecule has 28 heavy (non-hydrogen) atoms. The van der Waals surface area contributed by atoms with E-state index in [0.717, 1.165) is 55.9 Å². The van der Waals surface area contributed by atoms with Crippen molar-refractivity contribution in [3.8, 4) is 0 Å². The number of hydrogen-bond donors (Lipinski definition) is 1. The van der Waals surface area contributed by atoms with E-state index in [4.69, 9.17) is 9.98 Å². The van der Waals surface area contributed by atoms with Gasteiger partial charge in [0.25, 0.3) is 0 Å². The van der Waals surface area contributed by atoms with Crippen molar-refractivity contribution >= 4 is 35.6 Å². The summed E-state index contributed by atoms with van der Waals surface area (Å²) in [5, 5.41) is 3.47. The first kappa shape index (κ1) is 22.9. The van der Waals surface area contributed by atoms with Crippen molar-refractivity contribution in [1.82, 2.24) is 24.5 Å². The zero-order valence-corrected chi connectivity index (χ0v) is 20.0. The number of guanidine groups is 1. The zero-order chi connectivity index (χ0) is 19.2. The second-order valence-electron chi connectivity index (χ2n) is 7.38. The summed E-state index contributed by atoms with van der Waals surface area (Å²) < 4.78 is 2.13. The molecule has 1 aliphatic heterocycles. The number of nitrogens with one attached hydrogen (secondary N) is 1. The number of aromatic nitrogens is 2. The summed E-state index contributed by atoms with van der Waals surface area (Å²) in [7, 11) is 0. The Labute approximate surface area is 186 Å². The molecule has 0 spiro atoms. The first-order valence-corrected chi connectivity index (χ1v) is 10.3. The molecule has 0 bridgehead atoms. The second kappa shape index (κ2) is 11.0. The average molecular weight is 498 g/mol. The van der Waals surface area contributed by atoms with Gasteiger partial charge in [0, 0.05) is 38.1 Å². The van der Waals surface area contributed by atoms with E-state index in [1.165, 1.54) is 18.7 Å². The smallest absolute Gasteiger partial charge is 0.194 e. The van der Waals surface area contributed by atoms with Crippen LogP contribution in [0.2, 0.25) is 0 Å². The van der Waals surface area contributed by atoms with Crippen molar-refractivity contribution in [2.24, 2.45) is 10.9 Å². The Morgan fingerprint density at radius 1 is 1.29 bits per heavy atom. The molecule has 3 heterocycles. The lowest BCUT2D eigenvalue weighted by Gasteiger charge is -2.24. The molecule has 1 N–H and O–H groups in total. The summed E-state index contributed by atoms with van der Waals surface area (Å²) in [5.41, 5.74) is 3.20. The quantitative estimate of drug-likeness (QED) is 0.361. The fourth-order valence-electron chi connectivity index (χ4n) is 3.88. The van der Waals surface area contributed by atoms with Crippen LogP contribution in [0.25, 0.3) is 5.65 Å². The van der Waals surface area contributed by atoms with Gasteiger partial charge >= 0.3 is 0 Å². The Balaban J connectivity index is 0.00000280. The SMILES string of the molecule is CCNC(=NCc1cn2c(C)cccc2n1)N1CCC(CN(CC)CC)C1.I. The van der Waals surface area contributed by atoms with E-state index < -0.39 is 0 Å². The minimum absolute atomic E-state index is 0. The van der Waals surface area contributed by atoms with Gasteiger partial charge in [-0.1, -0.05) is 19.9 Å². The van der Waals surface area contributed by atoms with Crippen molar-refractivity contribution in [2.45, 2.75) is 40.7 Å². The molecule has 6 nitrogen and oxygen atoms in total. The predicted octanol–water partition coefficient (Wildman–Crippen LogP) is 3.39. The maximum atomic E-state index is 4.89. The lowest BCUT2D eigenvalue weighted by molar-refractivity contribution is 0.255. The molecule has 1 aliphatic rings. The number of rotatable bonds is 7. The molecule has 0 saturated carbocycles. The summed E-state index contributed by atoms with van der Waals surface area (Å²) in [5.74, 6) is 1.75. The average Bonchev–Trinajstić information content (AvgIpc) is 3.30. The summed E-state index contributed by atoms with van der Waals surface area (Å²) >= 11 is 0. The van der Waals surface area contributed by atoms with E-state index in [2.05, 4.69) is 65.5 Å². The first-order chi connectivity index (χ1) is 13.1. The van der Waals surface area contributed by atoms with Gasteiger partial charge in [-0.25, -0.2) is 9.98 Å². The molecule has 1 fully saturated rings. The van der Waals surface area contributed by atoms with Crippen LogP contribution in [-0.4, -0.2) is 64.4 Å². The van der Waals surface area contributed by atoms with Gasteiger partial charge in [-0.3, -0.25) is 0 Å². The topological polar surface area (TPSA) is 48.2 Å². The largest absolute Gasteiger partial charge is 0.357 e. The van der Waals surface area contributed by atoms with Crippen LogP contribution in [0.4, 0.5) is 0 Å². The maximum absolute atomic E-state index is 4.89. The number of pyridine rings is 1. The van der Waals surface area contributed by atoms with Crippen LogP contribution in [0.1, 0.15) is 38.6 Å². The lowest BCUT2D eigenvalue weighted by atomic mass is 10.1. The molecule has 0 radical (unpaired) electrons. The van der Waals surface area contributed by atoms with Gasteiger partial charge in [0.2, 0.25) is 0 Å². The van der Waals surface area contributed by atoms with Gasteiger partial charge in [0.15, 0.2) is 5.96 Å². The normalized spacial score (nSPS) is 17.4. The lowest BCUT2D eigenvalue weighted by Crippen LogP contribution is -2.40. The van der Waals surface area contributed by atoms with E-state index in [0.29, 0.717) is 6.54 Å². The zero-order valence-electron chi connectivity index (χ0n) is 17.7. The number of imidazole rings is 1. The Bertz CT molecular complexity index is 767. The number of fused-ring (bicyclic) bond motifs is 1. The number of nitrogens with zero attached hydrogens (tertiary/aromatic N) is 5. The predicted molar refractivity (Wildman–Crippen MR) is 128 cm³/mol. The van der Waals surface area contributed by atoms with Crippen molar-refractivity contribution in [1.29, 1.82) is 0 Å². The van der Waals surface area contributed by atoms with E-state index in [9.17, 15) is 0 Å². The summed E-state index contributed by atoms with van der Waals surface area (Å²) in [6.07, 6.45) is 3.35. The molecule has 0 aromatic carbocycles. The van der Waals surface area contributed by atoms with Crippen molar-refractivity contribution in [2.75, 3.05) is 39.3 Å². The molecule has 0 amide bonds. The number of aliphatic imine (C=N–C) groups is 1. The minimum Gasteiger partial charge on any atom is -0.357 e. The molecular formula is C21H35IN6. The highest BCUT2D eigenvalue weighted by Crippen LogP contribution is 2.18. The van der Waals surface area contributed by atoms with Crippen LogP contribution in [0.3, 0.4) is 0 Å². The first-order valence-electron chi connectivity index (χ1n) is 10.3. The minimum atomic E-state index is 0. The monoisotopic (exact) mass is 498 g/mol. The highest BCUT2D eigenvalue weighted by molar-refractivity contribution is 14.0. The van der Waals surface area contributed by atoms with Gasteiger partial charge in [-0.2, -0.15) is 0 Å². The van der Waals surface area contributed by atoms with Gasteiger partial charge in [0.1, 0.15) is 5.65 Å². The van der Waals surface area contributed by atoms with Gasteiger partial charge in [-0.15, -0.1) is 24.0 Å². The summed E-state index contributed by atoms with van der Waals surface area (Å²) in [6, 6.07) is 6.20. The van der Waals surface area contributed by atoms with Crippen LogP contribution in [-0.2, 0) is 6.54 Å². The van der Waals surface area contributed by atoms with E-state index in [-0.39, 0.29) is 24.0 Å². The molecule has 1 atom stereocenters.